The number of piperazine rings is 1. The zero-order valence-electron chi connectivity index (χ0n) is 13.2. The number of nitrogens with zero attached hydrogens (tertiary/aromatic N) is 2. The van der Waals surface area contributed by atoms with Crippen molar-refractivity contribution in [3.05, 3.63) is 66.2 Å². The number of hydrogen-bond donors (Lipinski definition) is 0. The van der Waals surface area contributed by atoms with Gasteiger partial charge in [-0.2, -0.15) is 0 Å². The Hall–Kier alpha value is -1.80. The smallest absolute Gasteiger partial charge is 0.0433 e. The van der Waals surface area contributed by atoms with Crippen LogP contribution in [0.1, 0.15) is 31.4 Å². The maximum Gasteiger partial charge on any atom is 0.0433 e. The molecule has 0 aliphatic carbocycles. The molecule has 0 saturated carbocycles. The van der Waals surface area contributed by atoms with Crippen molar-refractivity contribution >= 4 is 5.69 Å². The Morgan fingerprint density at radius 3 is 2.18 bits per heavy atom. The standard InChI is InChI=1S/C20H24N2/c1-2-20(16-9-5-3-6-10-16)22-15-18-13-19(22)14-21(18)17-11-7-4-8-12-17/h3-12,18-20H,2,13-15H2,1H3/t18-,19-,20?/m0/s1. The van der Waals surface area contributed by atoms with E-state index in [4.69, 9.17) is 0 Å². The molecule has 1 unspecified atom stereocenters. The van der Waals surface area contributed by atoms with E-state index >= 15 is 0 Å². The highest BCUT2D eigenvalue weighted by Crippen LogP contribution is 2.40. The predicted molar refractivity (Wildman–Crippen MR) is 92.2 cm³/mol. The molecule has 0 spiro atoms. The van der Waals surface area contributed by atoms with Crippen LogP contribution in [0.4, 0.5) is 5.69 Å². The van der Waals surface area contributed by atoms with Gasteiger partial charge < -0.3 is 4.90 Å². The second-order valence-electron chi connectivity index (χ2n) is 6.56. The molecule has 0 amide bonds. The topological polar surface area (TPSA) is 6.48 Å². The summed E-state index contributed by atoms with van der Waals surface area (Å²) >= 11 is 0. The summed E-state index contributed by atoms with van der Waals surface area (Å²) < 4.78 is 0. The number of anilines is 1. The van der Waals surface area contributed by atoms with E-state index in [9.17, 15) is 0 Å². The fraction of sp³-hybridized carbons (Fsp3) is 0.400. The quantitative estimate of drug-likeness (QED) is 0.837. The highest BCUT2D eigenvalue weighted by molar-refractivity contribution is 5.50. The van der Waals surface area contributed by atoms with Crippen molar-refractivity contribution in [2.24, 2.45) is 0 Å². The van der Waals surface area contributed by atoms with Gasteiger partial charge in [0.15, 0.2) is 0 Å². The zero-order valence-corrected chi connectivity index (χ0v) is 13.2. The van der Waals surface area contributed by atoms with Crippen LogP contribution in [0.25, 0.3) is 0 Å². The first-order valence-electron chi connectivity index (χ1n) is 8.49. The molecule has 114 valence electrons. The molecule has 2 saturated heterocycles. The van der Waals surface area contributed by atoms with Gasteiger partial charge in [-0.1, -0.05) is 55.5 Å². The molecule has 2 heterocycles. The summed E-state index contributed by atoms with van der Waals surface area (Å²) in [4.78, 5) is 5.36. The summed E-state index contributed by atoms with van der Waals surface area (Å²) in [5.41, 5.74) is 2.87. The Morgan fingerprint density at radius 2 is 1.59 bits per heavy atom. The van der Waals surface area contributed by atoms with E-state index in [1.54, 1.807) is 0 Å². The van der Waals surface area contributed by atoms with Crippen LogP contribution >= 0.6 is 0 Å². The summed E-state index contributed by atoms with van der Waals surface area (Å²) in [6.45, 7) is 4.70. The Balaban J connectivity index is 1.52. The SMILES string of the molecule is CCC(c1ccccc1)N1C[C@@H]2C[C@H]1CN2c1ccccc1. The molecule has 2 nitrogen and oxygen atoms in total. The van der Waals surface area contributed by atoms with Gasteiger partial charge in [-0.05, 0) is 30.5 Å². The maximum atomic E-state index is 2.75. The second kappa shape index (κ2) is 5.77. The van der Waals surface area contributed by atoms with E-state index in [2.05, 4.69) is 77.4 Å². The molecule has 22 heavy (non-hydrogen) atoms. The van der Waals surface area contributed by atoms with Gasteiger partial charge in [-0.15, -0.1) is 0 Å². The fourth-order valence-electron chi connectivity index (χ4n) is 4.35. The van der Waals surface area contributed by atoms with Crippen molar-refractivity contribution in [3.63, 3.8) is 0 Å². The van der Waals surface area contributed by atoms with Crippen molar-refractivity contribution in [2.75, 3.05) is 18.0 Å². The van der Waals surface area contributed by atoms with Crippen LogP contribution in [-0.4, -0.2) is 30.1 Å². The summed E-state index contributed by atoms with van der Waals surface area (Å²) in [5, 5.41) is 0. The normalized spacial score (nSPS) is 25.6. The number of likely N-dealkylation sites (tertiary alicyclic amines) is 1. The third kappa shape index (κ3) is 2.32. The lowest BCUT2D eigenvalue weighted by atomic mass is 10.0. The molecule has 2 aliphatic rings. The van der Waals surface area contributed by atoms with Crippen LogP contribution in [0, 0.1) is 0 Å². The van der Waals surface area contributed by atoms with E-state index in [1.807, 2.05) is 0 Å². The molecule has 2 bridgehead atoms. The molecular weight excluding hydrogens is 268 g/mol. The average Bonchev–Trinajstić information content (AvgIpc) is 3.18. The molecule has 2 aliphatic heterocycles. The first-order valence-corrected chi connectivity index (χ1v) is 8.49. The van der Waals surface area contributed by atoms with Crippen molar-refractivity contribution in [1.82, 2.24) is 4.90 Å². The van der Waals surface area contributed by atoms with Gasteiger partial charge in [0.05, 0.1) is 0 Å². The molecule has 2 fully saturated rings. The number of rotatable bonds is 4. The Labute approximate surface area is 133 Å². The molecule has 3 atom stereocenters. The van der Waals surface area contributed by atoms with Gasteiger partial charge in [0, 0.05) is 36.9 Å². The van der Waals surface area contributed by atoms with Crippen LogP contribution in [0.5, 0.6) is 0 Å². The van der Waals surface area contributed by atoms with E-state index in [1.165, 1.54) is 37.2 Å². The molecule has 2 heteroatoms. The van der Waals surface area contributed by atoms with Crippen LogP contribution in [-0.2, 0) is 0 Å². The molecule has 0 radical (unpaired) electrons. The third-order valence-electron chi connectivity index (χ3n) is 5.34. The summed E-state index contributed by atoms with van der Waals surface area (Å²) in [6.07, 6.45) is 2.51. The monoisotopic (exact) mass is 292 g/mol. The van der Waals surface area contributed by atoms with Crippen molar-refractivity contribution in [2.45, 2.75) is 37.9 Å². The van der Waals surface area contributed by atoms with Crippen molar-refractivity contribution < 1.29 is 0 Å². The lowest BCUT2D eigenvalue weighted by Gasteiger charge is -2.39. The minimum absolute atomic E-state index is 0.578. The number of para-hydroxylation sites is 1. The largest absolute Gasteiger partial charge is 0.366 e. The number of benzene rings is 2. The van der Waals surface area contributed by atoms with Crippen LogP contribution in [0.15, 0.2) is 60.7 Å². The molecule has 2 aromatic carbocycles. The number of fused-ring (bicyclic) bond motifs is 2. The predicted octanol–water partition coefficient (Wildman–Crippen LogP) is 4.10. The zero-order chi connectivity index (χ0) is 14.9. The van der Waals surface area contributed by atoms with E-state index in [0.717, 1.165) is 0 Å². The Bertz CT molecular complexity index is 610. The molecule has 0 N–H and O–H groups in total. The molecular formula is C20H24N2. The first kappa shape index (κ1) is 13.8. The van der Waals surface area contributed by atoms with Gasteiger partial charge in [0.2, 0.25) is 0 Å². The summed E-state index contributed by atoms with van der Waals surface area (Å²) in [7, 11) is 0. The average molecular weight is 292 g/mol. The highest BCUT2D eigenvalue weighted by Gasteiger charge is 2.45. The van der Waals surface area contributed by atoms with Crippen LogP contribution < -0.4 is 4.90 Å². The molecule has 4 rings (SSSR count). The van der Waals surface area contributed by atoms with Crippen LogP contribution in [0.2, 0.25) is 0 Å². The summed E-state index contributed by atoms with van der Waals surface area (Å²) in [6, 6.07) is 23.9. The third-order valence-corrected chi connectivity index (χ3v) is 5.34. The lowest BCUT2D eigenvalue weighted by molar-refractivity contribution is 0.164. The second-order valence-corrected chi connectivity index (χ2v) is 6.56. The van der Waals surface area contributed by atoms with Crippen molar-refractivity contribution in [1.29, 1.82) is 0 Å². The minimum atomic E-state index is 0.578. The molecule has 0 aromatic heterocycles. The van der Waals surface area contributed by atoms with Gasteiger partial charge in [0.1, 0.15) is 0 Å². The minimum Gasteiger partial charge on any atom is -0.366 e. The number of hydrogen-bond acceptors (Lipinski definition) is 2. The Kier molecular flexibility index (Phi) is 3.63. The lowest BCUT2D eigenvalue weighted by Crippen LogP contribution is -2.47. The van der Waals surface area contributed by atoms with Crippen LogP contribution in [0.3, 0.4) is 0 Å². The van der Waals surface area contributed by atoms with Crippen molar-refractivity contribution in [3.8, 4) is 0 Å². The van der Waals surface area contributed by atoms with Gasteiger partial charge >= 0.3 is 0 Å². The fourth-order valence-corrected chi connectivity index (χ4v) is 4.35. The first-order chi connectivity index (χ1) is 10.9. The van der Waals surface area contributed by atoms with Gasteiger partial charge in [-0.25, -0.2) is 0 Å². The van der Waals surface area contributed by atoms with E-state index < -0.39 is 0 Å². The molecule has 2 aromatic rings. The Morgan fingerprint density at radius 1 is 0.909 bits per heavy atom. The van der Waals surface area contributed by atoms with E-state index in [-0.39, 0.29) is 0 Å². The summed E-state index contributed by atoms with van der Waals surface area (Å²) in [5.74, 6) is 0. The van der Waals surface area contributed by atoms with Gasteiger partial charge in [-0.3, -0.25) is 4.90 Å². The maximum absolute atomic E-state index is 2.75. The van der Waals surface area contributed by atoms with Gasteiger partial charge in [0.25, 0.3) is 0 Å². The van der Waals surface area contributed by atoms with E-state index in [0.29, 0.717) is 18.1 Å². The highest BCUT2D eigenvalue weighted by atomic mass is 15.4.